The lowest BCUT2D eigenvalue weighted by Gasteiger charge is -2.59. The van der Waals surface area contributed by atoms with Gasteiger partial charge in [-0.25, -0.2) is 0 Å². The van der Waals surface area contributed by atoms with E-state index in [1.54, 1.807) is 0 Å². The monoisotopic (exact) mass is 452 g/mol. The van der Waals surface area contributed by atoms with E-state index in [-0.39, 0.29) is 42.6 Å². The van der Waals surface area contributed by atoms with Crippen LogP contribution in [0.2, 0.25) is 0 Å². The lowest BCUT2D eigenvalue weighted by molar-refractivity contribution is -0.173. The molecule has 5 heterocycles. The van der Waals surface area contributed by atoms with Crippen molar-refractivity contribution in [3.63, 3.8) is 0 Å². The van der Waals surface area contributed by atoms with Crippen molar-refractivity contribution in [3.05, 3.63) is 12.2 Å². The van der Waals surface area contributed by atoms with Crippen LogP contribution in [-0.4, -0.2) is 90.6 Å². The summed E-state index contributed by atoms with van der Waals surface area (Å²) in [6.45, 7) is 0. The van der Waals surface area contributed by atoms with E-state index in [1.807, 2.05) is 0 Å². The van der Waals surface area contributed by atoms with E-state index >= 15 is 0 Å². The molecule has 11 heteroatoms. The summed E-state index contributed by atoms with van der Waals surface area (Å²) in [7, 11) is 3.91. The number of aliphatic hydroxyl groups excluding tert-OH is 2. The summed E-state index contributed by atoms with van der Waals surface area (Å²) in [6, 6.07) is -1.62. The van der Waals surface area contributed by atoms with Crippen LogP contribution >= 0.6 is 21.6 Å². The Labute approximate surface area is 179 Å². The number of nitrogens with zero attached hydrogens (tertiary/aromatic N) is 2. The Morgan fingerprint density at radius 2 is 1.60 bits per heavy atom. The second kappa shape index (κ2) is 5.89. The molecule has 2 spiro atoms. The largest absolute Gasteiger partial charge is 0.388 e. The molecular weight excluding hydrogens is 432 g/mol. The Kier molecular flexibility index (Phi) is 3.79. The number of fused-ring (bicyclic) bond motifs is 3. The summed E-state index contributed by atoms with van der Waals surface area (Å²) in [5.74, 6) is -2.34. The van der Waals surface area contributed by atoms with Crippen LogP contribution in [0.15, 0.2) is 12.2 Å². The Hall–Kier alpha value is -1.40. The van der Waals surface area contributed by atoms with E-state index in [0.717, 1.165) is 0 Å². The molecule has 0 aromatic carbocycles. The highest BCUT2D eigenvalue weighted by Crippen LogP contribution is 2.69. The summed E-state index contributed by atoms with van der Waals surface area (Å²) < 4.78 is 5.29. The molecule has 9 atom stereocenters. The van der Waals surface area contributed by atoms with Crippen LogP contribution in [0.1, 0.15) is 19.3 Å². The van der Waals surface area contributed by atoms with Gasteiger partial charge >= 0.3 is 0 Å². The van der Waals surface area contributed by atoms with Gasteiger partial charge in [0.2, 0.25) is 0 Å². The first kappa shape index (κ1) is 19.3. The van der Waals surface area contributed by atoms with E-state index in [4.69, 9.17) is 4.74 Å². The minimum atomic E-state index is -1.32. The Bertz CT molecular complexity index is 942. The molecular formula is C19H20N2O7S2. The van der Waals surface area contributed by atoms with E-state index < -0.39 is 52.0 Å². The van der Waals surface area contributed by atoms with Gasteiger partial charge in [-0.3, -0.25) is 19.2 Å². The predicted octanol–water partition coefficient (Wildman–Crippen LogP) is -0.930. The van der Waals surface area contributed by atoms with E-state index in [9.17, 15) is 29.4 Å². The van der Waals surface area contributed by atoms with Crippen LogP contribution in [0.25, 0.3) is 0 Å². The van der Waals surface area contributed by atoms with E-state index in [2.05, 4.69) is 0 Å². The molecule has 2 bridgehead atoms. The fraction of sp³-hybridized carbons (Fsp3) is 0.684. The third-order valence-corrected chi connectivity index (χ3v) is 11.3. The van der Waals surface area contributed by atoms with Crippen molar-refractivity contribution in [3.8, 4) is 0 Å². The van der Waals surface area contributed by atoms with Crippen molar-refractivity contribution in [2.24, 2.45) is 11.8 Å². The lowest BCUT2D eigenvalue weighted by Crippen LogP contribution is -2.77. The van der Waals surface area contributed by atoms with Crippen molar-refractivity contribution in [1.29, 1.82) is 0 Å². The number of ether oxygens (including phenoxy) is 1. The van der Waals surface area contributed by atoms with Crippen LogP contribution in [0.4, 0.5) is 0 Å². The Morgan fingerprint density at radius 3 is 2.23 bits per heavy atom. The third kappa shape index (κ3) is 1.95. The number of methoxy groups -OCH3 is 1. The smallest absolute Gasteiger partial charge is 0.261 e. The molecule has 0 radical (unpaired) electrons. The molecule has 9 nitrogen and oxygen atoms in total. The number of Topliss-reactive ketones (excluding diaryl/α,β-unsaturated/α-hetero) is 1. The fourth-order valence-electron chi connectivity index (χ4n) is 6.29. The zero-order chi connectivity index (χ0) is 21.2. The van der Waals surface area contributed by atoms with Gasteiger partial charge in [-0.1, -0.05) is 27.7 Å². The highest BCUT2D eigenvalue weighted by molar-refractivity contribution is 8.78. The van der Waals surface area contributed by atoms with Crippen LogP contribution in [-0.2, 0) is 23.9 Å². The van der Waals surface area contributed by atoms with Gasteiger partial charge in [0.1, 0.15) is 11.9 Å². The number of hydrogen-bond acceptors (Lipinski definition) is 9. The maximum absolute atomic E-state index is 13.9. The standard InChI is InChI=1S/C19H20N2O7S2/c1-28-12-4-11(24)8-6-19-16(26)20-13-7(9(22)2-3-10(13)23)5-18(20,29-30-19)17(27)21(19)14(8)15(12)25/h2-3,7-8,10,12-15,23,25H,4-6H2,1H3/t7-,8+,10-,12-,13+,14+,15-,18-,19+/m0/s1. The van der Waals surface area contributed by atoms with Gasteiger partial charge in [0, 0.05) is 38.2 Å². The molecule has 0 unspecified atom stereocenters. The average molecular weight is 453 g/mol. The topological polar surface area (TPSA) is 124 Å². The highest BCUT2D eigenvalue weighted by Gasteiger charge is 2.79. The second-order valence-electron chi connectivity index (χ2n) is 8.88. The summed E-state index contributed by atoms with van der Waals surface area (Å²) in [5, 5.41) is 21.5. The van der Waals surface area contributed by atoms with Crippen molar-refractivity contribution in [1.82, 2.24) is 9.80 Å². The number of hydrogen-bond donors (Lipinski definition) is 2. The Balaban J connectivity index is 1.49. The number of rotatable bonds is 1. The van der Waals surface area contributed by atoms with Gasteiger partial charge in [-0.05, 0) is 6.08 Å². The van der Waals surface area contributed by atoms with E-state index in [1.165, 1.54) is 50.6 Å². The molecule has 2 amide bonds. The SMILES string of the molecule is CO[C@H]1CC(=O)[C@H]2C[C@@]34SS[C@@]5(C[C@H]6C(=O)C=C[C@H](O)[C@@H]6N5C3=O)C(=O)N4[C@H]2[C@H]1O. The molecule has 160 valence electrons. The van der Waals surface area contributed by atoms with Gasteiger partial charge in [0.15, 0.2) is 15.5 Å². The molecule has 7 aliphatic rings. The number of aliphatic hydroxyl groups is 2. The van der Waals surface area contributed by atoms with Gasteiger partial charge in [-0.2, -0.15) is 0 Å². The number of ketones is 2. The molecule has 30 heavy (non-hydrogen) atoms. The van der Waals surface area contributed by atoms with Gasteiger partial charge in [0.05, 0.1) is 24.3 Å². The van der Waals surface area contributed by atoms with Crippen LogP contribution in [0.5, 0.6) is 0 Å². The minimum Gasteiger partial charge on any atom is -0.388 e. The Morgan fingerprint density at radius 1 is 1.00 bits per heavy atom. The second-order valence-corrected chi connectivity index (χ2v) is 11.6. The zero-order valence-electron chi connectivity index (χ0n) is 16.0. The summed E-state index contributed by atoms with van der Waals surface area (Å²) in [6.07, 6.45) is 0.123. The first-order valence-corrected chi connectivity index (χ1v) is 12.1. The lowest BCUT2D eigenvalue weighted by atomic mass is 9.79. The van der Waals surface area contributed by atoms with Crippen molar-refractivity contribution in [2.45, 2.75) is 59.4 Å². The summed E-state index contributed by atoms with van der Waals surface area (Å²) in [5.41, 5.74) is 0. The van der Waals surface area contributed by atoms with Gasteiger partial charge in [-0.15, -0.1) is 0 Å². The molecule has 2 N–H and O–H groups in total. The molecule has 0 aromatic rings. The average Bonchev–Trinajstić information content (AvgIpc) is 3.27. The number of amides is 2. The first-order valence-electron chi connectivity index (χ1n) is 9.95. The molecule has 2 aliphatic carbocycles. The zero-order valence-corrected chi connectivity index (χ0v) is 17.6. The molecule has 0 aromatic heterocycles. The minimum absolute atomic E-state index is 0.0422. The number of carbonyl (C=O) groups is 4. The number of carbonyl (C=O) groups excluding carboxylic acids is 4. The molecule has 1 saturated carbocycles. The van der Waals surface area contributed by atoms with Gasteiger partial charge < -0.3 is 24.7 Å². The van der Waals surface area contributed by atoms with Crippen molar-refractivity contribution in [2.75, 3.05) is 7.11 Å². The quantitative estimate of drug-likeness (QED) is 0.486. The van der Waals surface area contributed by atoms with Crippen LogP contribution in [0, 0.1) is 11.8 Å². The van der Waals surface area contributed by atoms with E-state index in [0.29, 0.717) is 0 Å². The molecule has 6 fully saturated rings. The highest BCUT2D eigenvalue weighted by atomic mass is 33.1. The van der Waals surface area contributed by atoms with Crippen molar-refractivity contribution < 1.29 is 34.1 Å². The fourth-order valence-corrected chi connectivity index (χ4v) is 10.1. The molecule has 5 aliphatic heterocycles. The van der Waals surface area contributed by atoms with Gasteiger partial charge in [0.25, 0.3) is 11.8 Å². The summed E-state index contributed by atoms with van der Waals surface area (Å²) >= 11 is 0. The first-order chi connectivity index (χ1) is 14.3. The predicted molar refractivity (Wildman–Crippen MR) is 105 cm³/mol. The van der Waals surface area contributed by atoms with Crippen molar-refractivity contribution >= 4 is 45.0 Å². The third-order valence-electron chi connectivity index (χ3n) is 7.64. The molecule has 5 saturated heterocycles. The maximum Gasteiger partial charge on any atom is 0.261 e. The number of allylic oxidation sites excluding steroid dienone is 1. The number of piperazine rings is 1. The molecule has 7 rings (SSSR count). The van der Waals surface area contributed by atoms with Crippen LogP contribution in [0.3, 0.4) is 0 Å². The summed E-state index contributed by atoms with van der Waals surface area (Å²) in [4.78, 5) is 53.3. The normalized spacial score (nSPS) is 51.2. The van der Waals surface area contributed by atoms with Crippen LogP contribution < -0.4 is 0 Å². The maximum atomic E-state index is 13.9.